The Morgan fingerprint density at radius 3 is 2.43 bits per heavy atom. The van der Waals surface area contributed by atoms with Gasteiger partial charge in [-0.15, -0.1) is 11.3 Å². The van der Waals surface area contributed by atoms with Crippen LogP contribution in [0.25, 0.3) is 0 Å². The molecule has 0 spiro atoms. The minimum Gasteiger partial charge on any atom is -0.494 e. The number of amides is 2. The fourth-order valence-electron chi connectivity index (χ4n) is 2.62. The Morgan fingerprint density at radius 2 is 1.82 bits per heavy atom. The van der Waals surface area contributed by atoms with Crippen molar-refractivity contribution in [1.29, 1.82) is 0 Å². The first kappa shape index (κ1) is 19.6. The average Bonchev–Trinajstić information content (AvgIpc) is 3.23. The van der Waals surface area contributed by atoms with Gasteiger partial charge in [0, 0.05) is 11.3 Å². The molecular formula is C21H19FN2O3S. The molecule has 2 aromatic carbocycles. The molecule has 1 heterocycles. The number of hydrogen-bond acceptors (Lipinski definition) is 4. The van der Waals surface area contributed by atoms with E-state index in [4.69, 9.17) is 4.74 Å². The number of anilines is 1. The molecule has 0 saturated carbocycles. The number of thiophene rings is 1. The Morgan fingerprint density at radius 1 is 1.07 bits per heavy atom. The van der Waals surface area contributed by atoms with Gasteiger partial charge >= 0.3 is 0 Å². The zero-order valence-electron chi connectivity index (χ0n) is 15.4. The van der Waals surface area contributed by atoms with Crippen LogP contribution in [0.4, 0.5) is 10.1 Å². The van der Waals surface area contributed by atoms with E-state index in [2.05, 4.69) is 10.6 Å². The van der Waals surface area contributed by atoms with E-state index < -0.39 is 5.82 Å². The molecule has 3 rings (SSSR count). The summed E-state index contributed by atoms with van der Waals surface area (Å²) in [5.74, 6) is -0.809. The summed E-state index contributed by atoms with van der Waals surface area (Å²) in [6.07, 6.45) is 0. The predicted octanol–water partition coefficient (Wildman–Crippen LogP) is 4.64. The lowest BCUT2D eigenvalue weighted by molar-refractivity contribution is 0.0939. The van der Waals surface area contributed by atoms with Crippen LogP contribution in [-0.2, 0) is 0 Å². The molecule has 28 heavy (non-hydrogen) atoms. The maximum absolute atomic E-state index is 13.9. The second-order valence-corrected chi connectivity index (χ2v) is 7.05. The van der Waals surface area contributed by atoms with E-state index in [-0.39, 0.29) is 23.6 Å². The monoisotopic (exact) mass is 398 g/mol. The summed E-state index contributed by atoms with van der Waals surface area (Å²) < 4.78 is 18.8. The summed E-state index contributed by atoms with van der Waals surface area (Å²) in [6.45, 7) is 1.77. The summed E-state index contributed by atoms with van der Waals surface area (Å²) in [5, 5.41) is 7.44. The Hall–Kier alpha value is -3.19. The van der Waals surface area contributed by atoms with Crippen molar-refractivity contribution in [2.24, 2.45) is 0 Å². The van der Waals surface area contributed by atoms with Gasteiger partial charge in [0.1, 0.15) is 0 Å². The van der Waals surface area contributed by atoms with Crippen molar-refractivity contribution < 1.29 is 18.7 Å². The van der Waals surface area contributed by atoms with E-state index in [0.717, 1.165) is 0 Å². The zero-order chi connectivity index (χ0) is 20.1. The lowest BCUT2D eigenvalue weighted by Crippen LogP contribution is -2.26. The van der Waals surface area contributed by atoms with Gasteiger partial charge in [-0.25, -0.2) is 4.39 Å². The standard InChI is InChI=1S/C21H19FN2O3S/c1-13(15-7-10-18(27-2)17(22)12-15)23-20(25)14-5-8-16(9-6-14)24-21(26)19-4-3-11-28-19/h3-13H,1-2H3,(H,23,25)(H,24,26)/t13-/m0/s1. The van der Waals surface area contributed by atoms with Crippen molar-refractivity contribution in [3.05, 3.63) is 81.8 Å². The third kappa shape index (κ3) is 4.55. The predicted molar refractivity (Wildman–Crippen MR) is 108 cm³/mol. The van der Waals surface area contributed by atoms with Gasteiger partial charge in [0.05, 0.1) is 18.0 Å². The zero-order valence-corrected chi connectivity index (χ0v) is 16.2. The number of halogens is 1. The van der Waals surface area contributed by atoms with Crippen LogP contribution < -0.4 is 15.4 Å². The fraction of sp³-hybridized carbons (Fsp3) is 0.143. The minimum absolute atomic E-state index is 0.155. The second-order valence-electron chi connectivity index (χ2n) is 6.10. The van der Waals surface area contributed by atoms with Gasteiger partial charge < -0.3 is 15.4 Å². The lowest BCUT2D eigenvalue weighted by atomic mass is 10.1. The first-order valence-electron chi connectivity index (χ1n) is 8.57. The SMILES string of the molecule is COc1ccc([C@H](C)NC(=O)c2ccc(NC(=O)c3cccs3)cc2)cc1F. The summed E-state index contributed by atoms with van der Waals surface area (Å²) >= 11 is 1.36. The van der Waals surface area contributed by atoms with Crippen LogP contribution in [0.2, 0.25) is 0 Å². The van der Waals surface area contributed by atoms with Crippen molar-refractivity contribution in [3.8, 4) is 5.75 Å². The number of hydrogen-bond donors (Lipinski definition) is 2. The van der Waals surface area contributed by atoms with E-state index in [9.17, 15) is 14.0 Å². The third-order valence-electron chi connectivity index (χ3n) is 4.17. The highest BCUT2D eigenvalue weighted by molar-refractivity contribution is 7.12. The molecule has 1 aromatic heterocycles. The molecule has 0 unspecified atom stereocenters. The molecule has 0 aliphatic heterocycles. The van der Waals surface area contributed by atoms with Crippen LogP contribution in [0.3, 0.4) is 0 Å². The normalized spacial score (nSPS) is 11.5. The van der Waals surface area contributed by atoms with Crippen LogP contribution in [0.15, 0.2) is 60.0 Å². The molecule has 1 atom stereocenters. The van der Waals surface area contributed by atoms with Gasteiger partial charge in [0.15, 0.2) is 11.6 Å². The Labute approximate surface area is 166 Å². The molecule has 5 nitrogen and oxygen atoms in total. The molecule has 2 amide bonds. The molecule has 0 saturated heterocycles. The summed E-state index contributed by atoms with van der Waals surface area (Å²) in [5.41, 5.74) is 1.67. The first-order chi connectivity index (χ1) is 13.5. The van der Waals surface area contributed by atoms with Crippen LogP contribution in [0.5, 0.6) is 5.75 Å². The van der Waals surface area contributed by atoms with E-state index in [0.29, 0.717) is 21.7 Å². The second kappa shape index (κ2) is 8.67. The van der Waals surface area contributed by atoms with Crippen molar-refractivity contribution in [1.82, 2.24) is 5.32 Å². The molecule has 3 aromatic rings. The van der Waals surface area contributed by atoms with Crippen LogP contribution in [0, 0.1) is 5.82 Å². The number of benzene rings is 2. The Balaban J connectivity index is 1.62. The van der Waals surface area contributed by atoms with E-state index in [1.807, 2.05) is 11.4 Å². The number of methoxy groups -OCH3 is 1. The summed E-state index contributed by atoms with van der Waals surface area (Å²) in [7, 11) is 1.40. The topological polar surface area (TPSA) is 67.4 Å². The smallest absolute Gasteiger partial charge is 0.265 e. The van der Waals surface area contributed by atoms with Crippen LogP contribution >= 0.6 is 11.3 Å². The van der Waals surface area contributed by atoms with Crippen molar-refractivity contribution in [2.75, 3.05) is 12.4 Å². The number of carbonyl (C=O) groups is 2. The first-order valence-corrected chi connectivity index (χ1v) is 9.45. The minimum atomic E-state index is -0.480. The number of rotatable bonds is 6. The Bertz CT molecular complexity index is 972. The number of ether oxygens (including phenoxy) is 1. The van der Waals surface area contributed by atoms with Crippen molar-refractivity contribution in [2.45, 2.75) is 13.0 Å². The van der Waals surface area contributed by atoms with Gasteiger partial charge in [0.2, 0.25) is 0 Å². The highest BCUT2D eigenvalue weighted by Crippen LogP contribution is 2.22. The highest BCUT2D eigenvalue weighted by atomic mass is 32.1. The van der Waals surface area contributed by atoms with Crippen molar-refractivity contribution >= 4 is 28.8 Å². The lowest BCUT2D eigenvalue weighted by Gasteiger charge is -2.15. The fourth-order valence-corrected chi connectivity index (χ4v) is 3.24. The number of nitrogens with one attached hydrogen (secondary N) is 2. The molecule has 144 valence electrons. The molecular weight excluding hydrogens is 379 g/mol. The molecule has 0 aliphatic rings. The molecule has 0 radical (unpaired) electrons. The van der Waals surface area contributed by atoms with Crippen LogP contribution in [0.1, 0.15) is 38.6 Å². The summed E-state index contributed by atoms with van der Waals surface area (Å²) in [6, 6.07) is 14.3. The molecule has 0 fully saturated rings. The average molecular weight is 398 g/mol. The largest absolute Gasteiger partial charge is 0.494 e. The molecule has 7 heteroatoms. The molecule has 2 N–H and O–H groups in total. The quantitative estimate of drug-likeness (QED) is 0.636. The van der Waals surface area contributed by atoms with E-state index in [1.54, 1.807) is 43.3 Å². The summed E-state index contributed by atoms with van der Waals surface area (Å²) in [4.78, 5) is 25.1. The maximum atomic E-state index is 13.9. The Kier molecular flexibility index (Phi) is 6.06. The highest BCUT2D eigenvalue weighted by Gasteiger charge is 2.14. The number of carbonyl (C=O) groups excluding carboxylic acids is 2. The maximum Gasteiger partial charge on any atom is 0.265 e. The van der Waals surface area contributed by atoms with Gasteiger partial charge in [-0.3, -0.25) is 9.59 Å². The van der Waals surface area contributed by atoms with Gasteiger partial charge in [-0.2, -0.15) is 0 Å². The van der Waals surface area contributed by atoms with Crippen LogP contribution in [-0.4, -0.2) is 18.9 Å². The van der Waals surface area contributed by atoms with E-state index >= 15 is 0 Å². The van der Waals surface area contributed by atoms with Gasteiger partial charge in [-0.1, -0.05) is 12.1 Å². The van der Waals surface area contributed by atoms with E-state index in [1.165, 1.54) is 30.6 Å². The van der Waals surface area contributed by atoms with Crippen molar-refractivity contribution in [3.63, 3.8) is 0 Å². The molecule has 0 aliphatic carbocycles. The third-order valence-corrected chi connectivity index (χ3v) is 5.04. The van der Waals surface area contributed by atoms with Gasteiger partial charge in [0.25, 0.3) is 11.8 Å². The van der Waals surface area contributed by atoms with Gasteiger partial charge in [-0.05, 0) is 60.3 Å². The molecule has 0 bridgehead atoms.